The van der Waals surface area contributed by atoms with Crippen LogP contribution < -0.4 is 10.1 Å². The molecule has 2 unspecified atom stereocenters. The van der Waals surface area contributed by atoms with Crippen molar-refractivity contribution in [2.45, 2.75) is 45.4 Å². The van der Waals surface area contributed by atoms with Crippen molar-refractivity contribution in [3.05, 3.63) is 29.3 Å². The van der Waals surface area contributed by atoms with Crippen LogP contribution in [-0.4, -0.2) is 42.3 Å². The van der Waals surface area contributed by atoms with Crippen LogP contribution in [0.3, 0.4) is 0 Å². The van der Waals surface area contributed by atoms with Crippen molar-refractivity contribution in [1.29, 1.82) is 0 Å². The molecule has 1 aliphatic rings. The van der Waals surface area contributed by atoms with Crippen LogP contribution in [-0.2, 0) is 6.54 Å². The second-order valence-corrected chi connectivity index (χ2v) is 6.29. The number of urea groups is 1. The van der Waals surface area contributed by atoms with Gasteiger partial charge in [-0.1, -0.05) is 24.1 Å². The van der Waals surface area contributed by atoms with Crippen LogP contribution in [0.4, 0.5) is 13.6 Å². The van der Waals surface area contributed by atoms with E-state index in [2.05, 4.69) is 10.1 Å². The van der Waals surface area contributed by atoms with Gasteiger partial charge >= 0.3 is 12.6 Å². The lowest BCUT2D eigenvalue weighted by molar-refractivity contribution is -0.0504. The van der Waals surface area contributed by atoms with Gasteiger partial charge in [0.15, 0.2) is 0 Å². The molecule has 1 saturated carbocycles. The van der Waals surface area contributed by atoms with E-state index in [1.54, 1.807) is 19.2 Å². The van der Waals surface area contributed by atoms with Gasteiger partial charge in [0.1, 0.15) is 5.75 Å². The van der Waals surface area contributed by atoms with Crippen LogP contribution in [0.2, 0.25) is 0 Å². The second-order valence-electron chi connectivity index (χ2n) is 6.29. The Balaban J connectivity index is 1.92. The quantitative estimate of drug-likeness (QED) is 0.836. The smallest absolute Gasteiger partial charge is 0.387 e. The highest BCUT2D eigenvalue weighted by Gasteiger charge is 2.27. The number of aliphatic hydroxyl groups excluding tert-OH is 1. The maximum Gasteiger partial charge on any atom is 0.387 e. The first-order valence-corrected chi connectivity index (χ1v) is 8.08. The molecule has 2 amide bonds. The minimum Gasteiger partial charge on any atom is -0.434 e. The summed E-state index contributed by atoms with van der Waals surface area (Å²) >= 11 is 0. The van der Waals surface area contributed by atoms with Crippen molar-refractivity contribution < 1.29 is 23.4 Å². The van der Waals surface area contributed by atoms with Gasteiger partial charge in [-0.2, -0.15) is 8.78 Å². The molecule has 2 atom stereocenters. The van der Waals surface area contributed by atoms with Crippen LogP contribution >= 0.6 is 0 Å². The summed E-state index contributed by atoms with van der Waals surface area (Å²) < 4.78 is 29.4. The zero-order valence-electron chi connectivity index (χ0n) is 14.0. The van der Waals surface area contributed by atoms with Gasteiger partial charge in [0.25, 0.3) is 0 Å². The van der Waals surface area contributed by atoms with Crippen LogP contribution in [0.25, 0.3) is 0 Å². The number of alkyl halides is 2. The highest BCUT2D eigenvalue weighted by Crippen LogP contribution is 2.26. The third kappa shape index (κ3) is 5.06. The molecule has 0 saturated heterocycles. The van der Waals surface area contributed by atoms with E-state index in [-0.39, 0.29) is 30.3 Å². The van der Waals surface area contributed by atoms with Gasteiger partial charge < -0.3 is 20.1 Å². The molecule has 134 valence electrons. The molecule has 7 heteroatoms. The number of nitrogens with zero attached hydrogens (tertiary/aromatic N) is 1. The first kappa shape index (κ1) is 18.4. The molecule has 1 aliphatic carbocycles. The Labute approximate surface area is 140 Å². The van der Waals surface area contributed by atoms with E-state index in [9.17, 15) is 18.7 Å². The number of carbonyl (C=O) groups is 1. The van der Waals surface area contributed by atoms with Crippen LogP contribution in [0.1, 0.15) is 30.4 Å². The lowest BCUT2D eigenvalue weighted by Gasteiger charge is -2.24. The van der Waals surface area contributed by atoms with E-state index < -0.39 is 6.61 Å². The Morgan fingerprint density at radius 2 is 2.21 bits per heavy atom. The molecule has 2 N–H and O–H groups in total. The molecule has 0 bridgehead atoms. The molecule has 0 aromatic heterocycles. The average molecular weight is 342 g/mol. The van der Waals surface area contributed by atoms with E-state index >= 15 is 0 Å². The van der Waals surface area contributed by atoms with Gasteiger partial charge in [0.05, 0.1) is 6.10 Å². The first-order valence-electron chi connectivity index (χ1n) is 8.08. The third-order valence-corrected chi connectivity index (χ3v) is 4.34. The first-order chi connectivity index (χ1) is 11.4. The summed E-state index contributed by atoms with van der Waals surface area (Å²) in [6.45, 7) is -0.499. The van der Waals surface area contributed by atoms with E-state index in [0.717, 1.165) is 24.8 Å². The molecule has 0 heterocycles. The number of hydrogen-bond acceptors (Lipinski definition) is 3. The number of aliphatic hydroxyl groups is 1. The third-order valence-electron chi connectivity index (χ3n) is 4.34. The molecule has 0 radical (unpaired) electrons. The predicted molar refractivity (Wildman–Crippen MR) is 86.0 cm³/mol. The molecular formula is C17H24F2N2O3. The SMILES string of the molecule is Cc1ccc(OC(F)F)c(CNC(=O)N(C)CC2CCCC2O)c1. The molecule has 0 spiro atoms. The number of rotatable bonds is 6. The Morgan fingerprint density at radius 1 is 1.46 bits per heavy atom. The molecule has 5 nitrogen and oxygen atoms in total. The van der Waals surface area contributed by atoms with Crippen molar-refractivity contribution in [3.8, 4) is 5.75 Å². The molecule has 2 rings (SSSR count). The van der Waals surface area contributed by atoms with Gasteiger partial charge in [-0.25, -0.2) is 4.79 Å². The average Bonchev–Trinajstić information content (AvgIpc) is 2.91. The van der Waals surface area contributed by atoms with Gasteiger partial charge in [0, 0.05) is 31.6 Å². The number of halogens is 2. The van der Waals surface area contributed by atoms with E-state index in [4.69, 9.17) is 0 Å². The van der Waals surface area contributed by atoms with Gasteiger partial charge in [0.2, 0.25) is 0 Å². The molecule has 1 fully saturated rings. The maximum atomic E-state index is 12.5. The molecule has 1 aromatic carbocycles. The number of hydrogen-bond donors (Lipinski definition) is 2. The minimum atomic E-state index is -2.91. The largest absolute Gasteiger partial charge is 0.434 e. The summed E-state index contributed by atoms with van der Waals surface area (Å²) in [6.07, 6.45) is 2.29. The summed E-state index contributed by atoms with van der Waals surface area (Å²) in [4.78, 5) is 13.7. The standard InChI is InChI=1S/C17H24F2N2O3/c1-11-6-7-15(24-16(18)19)13(8-11)9-20-17(23)21(2)10-12-4-3-5-14(12)22/h6-8,12,14,16,22H,3-5,9-10H2,1-2H3,(H,20,23). The lowest BCUT2D eigenvalue weighted by atomic mass is 10.1. The summed E-state index contributed by atoms with van der Waals surface area (Å²) in [5.74, 6) is 0.155. The maximum absolute atomic E-state index is 12.5. The number of aryl methyl sites for hydroxylation is 1. The van der Waals surface area contributed by atoms with E-state index in [1.807, 2.05) is 6.92 Å². The summed E-state index contributed by atoms with van der Waals surface area (Å²) in [5.41, 5.74) is 1.39. The van der Waals surface area contributed by atoms with Gasteiger partial charge in [-0.05, 0) is 25.8 Å². The number of carbonyl (C=O) groups excluding carboxylic acids is 1. The minimum absolute atomic E-state index is 0.0600. The predicted octanol–water partition coefficient (Wildman–Crippen LogP) is 2.90. The Bertz CT molecular complexity index is 569. The fourth-order valence-electron chi connectivity index (χ4n) is 3.03. The van der Waals surface area contributed by atoms with Crippen LogP contribution in [0.5, 0.6) is 5.75 Å². The highest BCUT2D eigenvalue weighted by molar-refractivity contribution is 5.74. The molecule has 24 heavy (non-hydrogen) atoms. The fraction of sp³-hybridized carbons (Fsp3) is 0.588. The van der Waals surface area contributed by atoms with Crippen molar-refractivity contribution in [1.82, 2.24) is 10.2 Å². The summed E-state index contributed by atoms with van der Waals surface area (Å²) in [6, 6.07) is 4.55. The highest BCUT2D eigenvalue weighted by atomic mass is 19.3. The van der Waals surface area contributed by atoms with E-state index in [1.165, 1.54) is 11.0 Å². The summed E-state index contributed by atoms with van der Waals surface area (Å²) in [5, 5.41) is 12.5. The topological polar surface area (TPSA) is 61.8 Å². The Morgan fingerprint density at radius 3 is 2.83 bits per heavy atom. The Kier molecular flexibility index (Phi) is 6.36. The number of benzene rings is 1. The van der Waals surface area contributed by atoms with Crippen LogP contribution in [0, 0.1) is 12.8 Å². The number of ether oxygens (including phenoxy) is 1. The van der Waals surface area contributed by atoms with Crippen molar-refractivity contribution >= 4 is 6.03 Å². The van der Waals surface area contributed by atoms with Gasteiger partial charge in [-0.15, -0.1) is 0 Å². The summed E-state index contributed by atoms with van der Waals surface area (Å²) in [7, 11) is 1.66. The van der Waals surface area contributed by atoms with Gasteiger partial charge in [-0.3, -0.25) is 0 Å². The molecule has 1 aromatic rings. The molecular weight excluding hydrogens is 318 g/mol. The number of nitrogens with one attached hydrogen (secondary N) is 1. The lowest BCUT2D eigenvalue weighted by Crippen LogP contribution is -2.40. The normalized spacial score (nSPS) is 20.2. The van der Waals surface area contributed by atoms with Crippen molar-refractivity contribution in [2.75, 3.05) is 13.6 Å². The van der Waals surface area contributed by atoms with Crippen molar-refractivity contribution in [3.63, 3.8) is 0 Å². The monoisotopic (exact) mass is 342 g/mol. The second kappa shape index (κ2) is 8.28. The van der Waals surface area contributed by atoms with Crippen LogP contribution in [0.15, 0.2) is 18.2 Å². The zero-order valence-corrected chi connectivity index (χ0v) is 14.0. The fourth-order valence-corrected chi connectivity index (χ4v) is 3.03. The Hall–Kier alpha value is -1.89. The van der Waals surface area contributed by atoms with E-state index in [0.29, 0.717) is 12.1 Å². The number of amides is 2. The zero-order chi connectivity index (χ0) is 17.7. The molecule has 0 aliphatic heterocycles. The van der Waals surface area contributed by atoms with Crippen molar-refractivity contribution in [2.24, 2.45) is 5.92 Å².